The Morgan fingerprint density at radius 2 is 1.96 bits per heavy atom. The Morgan fingerprint density at radius 1 is 1.21 bits per heavy atom. The number of aromatic nitrogens is 2. The number of hydrogen-bond acceptors (Lipinski definition) is 3. The van der Waals surface area contributed by atoms with Gasteiger partial charge in [0.1, 0.15) is 5.82 Å². The maximum atomic E-state index is 12.9. The van der Waals surface area contributed by atoms with E-state index in [0.29, 0.717) is 10.9 Å². The van der Waals surface area contributed by atoms with Gasteiger partial charge in [-0.15, -0.1) is 6.58 Å². The maximum Gasteiger partial charge on any atom is 0.257 e. The summed E-state index contributed by atoms with van der Waals surface area (Å²) < 4.78 is 14.5. The first-order chi connectivity index (χ1) is 11.7. The molecule has 0 saturated heterocycles. The summed E-state index contributed by atoms with van der Waals surface area (Å²) >= 11 is 1.45. The Labute approximate surface area is 143 Å². The van der Waals surface area contributed by atoms with Crippen LogP contribution in [0.2, 0.25) is 0 Å². The number of hydrogen-bond donors (Lipinski definition) is 0. The lowest BCUT2D eigenvalue weighted by molar-refractivity contribution is 0.0965. The van der Waals surface area contributed by atoms with Crippen LogP contribution in [0.25, 0.3) is 17.1 Å². The Bertz CT molecular complexity index is 913. The predicted molar refractivity (Wildman–Crippen MR) is 96.7 cm³/mol. The number of nitrogens with zero attached hydrogens (tertiary/aromatic N) is 2. The van der Waals surface area contributed by atoms with Gasteiger partial charge in [0.05, 0.1) is 11.0 Å². The molecule has 0 aliphatic rings. The number of allylic oxidation sites excluding steroid dienone is 1. The first-order valence-electron chi connectivity index (χ1n) is 7.38. The summed E-state index contributed by atoms with van der Waals surface area (Å²) in [5.41, 5.74) is 2.29. The van der Waals surface area contributed by atoms with Gasteiger partial charge in [-0.05, 0) is 35.9 Å². The van der Waals surface area contributed by atoms with Gasteiger partial charge in [-0.25, -0.2) is 9.37 Å². The van der Waals surface area contributed by atoms with Crippen LogP contribution in [0.3, 0.4) is 0 Å². The van der Waals surface area contributed by atoms with Crippen molar-refractivity contribution in [2.24, 2.45) is 0 Å². The summed E-state index contributed by atoms with van der Waals surface area (Å²) in [7, 11) is 0. The fourth-order valence-electron chi connectivity index (χ4n) is 2.26. The molecule has 0 bridgehead atoms. The summed E-state index contributed by atoms with van der Waals surface area (Å²) in [5, 5.41) is 0.629. The van der Waals surface area contributed by atoms with Crippen LogP contribution in [0, 0.1) is 5.82 Å². The number of fused-ring (bicyclic) bond motifs is 1. The van der Waals surface area contributed by atoms with Gasteiger partial charge in [0.2, 0.25) is 0 Å². The second-order valence-corrected chi connectivity index (χ2v) is 6.03. The molecular formula is C19H15FN2OS. The molecule has 0 fully saturated rings. The second kappa shape index (κ2) is 7.27. The topological polar surface area (TPSA) is 34.9 Å². The fourth-order valence-corrected chi connectivity index (χ4v) is 3.01. The minimum Gasteiger partial charge on any atom is -0.269 e. The molecule has 1 heterocycles. The minimum absolute atomic E-state index is 0.195. The average Bonchev–Trinajstić information content (AvgIpc) is 2.97. The van der Waals surface area contributed by atoms with Crippen LogP contribution in [-0.4, -0.2) is 21.2 Å². The average molecular weight is 338 g/mol. The zero-order valence-electron chi connectivity index (χ0n) is 12.9. The number of carbonyl (C=O) groups excluding carboxylic acids is 1. The van der Waals surface area contributed by atoms with Crippen molar-refractivity contribution in [3.8, 4) is 0 Å². The molecule has 24 heavy (non-hydrogen) atoms. The highest BCUT2D eigenvalue weighted by atomic mass is 32.2. The van der Waals surface area contributed by atoms with Crippen LogP contribution in [0.4, 0.5) is 4.39 Å². The zero-order chi connectivity index (χ0) is 16.9. The van der Waals surface area contributed by atoms with Crippen LogP contribution < -0.4 is 0 Å². The summed E-state index contributed by atoms with van der Waals surface area (Å²) in [4.78, 5) is 17.2. The molecule has 0 unspecified atom stereocenters. The van der Waals surface area contributed by atoms with Gasteiger partial charge in [0, 0.05) is 11.8 Å². The minimum atomic E-state index is -0.304. The van der Waals surface area contributed by atoms with Crippen molar-refractivity contribution in [2.75, 3.05) is 5.75 Å². The summed E-state index contributed by atoms with van der Waals surface area (Å²) in [5.74, 6) is 0.167. The number of imidazole rings is 1. The molecule has 0 aliphatic heterocycles. The molecule has 120 valence electrons. The van der Waals surface area contributed by atoms with Gasteiger partial charge in [-0.1, -0.05) is 42.1 Å². The van der Waals surface area contributed by atoms with Gasteiger partial charge in [-0.2, -0.15) is 0 Å². The van der Waals surface area contributed by atoms with Crippen LogP contribution in [0.1, 0.15) is 10.4 Å². The lowest BCUT2D eigenvalue weighted by Crippen LogP contribution is -2.08. The van der Waals surface area contributed by atoms with Crippen LogP contribution in [0.15, 0.2) is 72.4 Å². The highest BCUT2D eigenvalue weighted by Gasteiger charge is 2.14. The van der Waals surface area contributed by atoms with Gasteiger partial charge in [-0.3, -0.25) is 9.36 Å². The van der Waals surface area contributed by atoms with Gasteiger partial charge >= 0.3 is 0 Å². The largest absolute Gasteiger partial charge is 0.269 e. The Balaban J connectivity index is 1.95. The van der Waals surface area contributed by atoms with Crippen molar-refractivity contribution in [3.63, 3.8) is 0 Å². The van der Waals surface area contributed by atoms with Gasteiger partial charge < -0.3 is 0 Å². The number of carbonyl (C=O) groups is 1. The van der Waals surface area contributed by atoms with Crippen molar-refractivity contribution in [3.05, 3.63) is 78.6 Å². The van der Waals surface area contributed by atoms with E-state index in [-0.39, 0.29) is 11.7 Å². The third-order valence-corrected chi connectivity index (χ3v) is 4.30. The molecule has 3 aromatic rings. The van der Waals surface area contributed by atoms with Crippen molar-refractivity contribution in [2.45, 2.75) is 5.16 Å². The highest BCUT2D eigenvalue weighted by Crippen LogP contribution is 2.24. The van der Waals surface area contributed by atoms with Crippen molar-refractivity contribution in [1.82, 2.24) is 9.55 Å². The molecule has 0 spiro atoms. The number of rotatable bonds is 5. The number of thioether (sulfide) groups is 1. The van der Waals surface area contributed by atoms with Crippen LogP contribution in [-0.2, 0) is 0 Å². The molecule has 1 aromatic heterocycles. The Morgan fingerprint density at radius 3 is 2.71 bits per heavy atom. The molecule has 3 rings (SSSR count). The molecule has 0 atom stereocenters. The van der Waals surface area contributed by atoms with E-state index in [2.05, 4.69) is 11.6 Å². The maximum absolute atomic E-state index is 12.9. The SMILES string of the molecule is C=CCSc1nc2ccccc2n1C(=O)C=Cc1ccc(F)cc1. The van der Waals surface area contributed by atoms with E-state index in [1.165, 1.54) is 30.0 Å². The van der Waals surface area contributed by atoms with E-state index in [0.717, 1.165) is 16.6 Å². The van der Waals surface area contributed by atoms with E-state index in [1.807, 2.05) is 24.3 Å². The zero-order valence-corrected chi connectivity index (χ0v) is 13.7. The second-order valence-electron chi connectivity index (χ2n) is 5.04. The number of benzene rings is 2. The lowest BCUT2D eigenvalue weighted by atomic mass is 10.2. The third-order valence-electron chi connectivity index (χ3n) is 3.37. The first-order valence-corrected chi connectivity index (χ1v) is 8.37. The first kappa shape index (κ1) is 16.2. The van der Waals surface area contributed by atoms with Gasteiger partial charge in [0.25, 0.3) is 5.91 Å². The van der Waals surface area contributed by atoms with Crippen molar-refractivity contribution in [1.29, 1.82) is 0 Å². The van der Waals surface area contributed by atoms with E-state index in [9.17, 15) is 9.18 Å². The molecule has 0 N–H and O–H groups in total. The monoisotopic (exact) mass is 338 g/mol. The molecule has 0 aliphatic carbocycles. The standard InChI is InChI=1S/C19H15FN2OS/c1-2-13-24-19-21-16-5-3-4-6-17(16)22(19)18(23)12-9-14-7-10-15(20)11-8-14/h2-12H,1,13H2. The third kappa shape index (κ3) is 3.46. The molecule has 3 nitrogen and oxygen atoms in total. The summed E-state index contributed by atoms with van der Waals surface area (Å²) in [6, 6.07) is 13.5. The Kier molecular flexibility index (Phi) is 4.91. The van der Waals surface area contributed by atoms with Crippen molar-refractivity contribution < 1.29 is 9.18 Å². The highest BCUT2D eigenvalue weighted by molar-refractivity contribution is 7.99. The van der Waals surface area contributed by atoms with Crippen LogP contribution in [0.5, 0.6) is 0 Å². The summed E-state index contributed by atoms with van der Waals surface area (Å²) in [6.07, 6.45) is 4.91. The van der Waals surface area contributed by atoms with Crippen molar-refractivity contribution >= 4 is 34.8 Å². The van der Waals surface area contributed by atoms with E-state index < -0.39 is 0 Å². The smallest absolute Gasteiger partial charge is 0.257 e. The normalized spacial score (nSPS) is 11.2. The molecule has 0 saturated carbocycles. The molecule has 0 radical (unpaired) electrons. The van der Waals surface area contributed by atoms with E-state index in [4.69, 9.17) is 0 Å². The molecule has 0 amide bonds. The number of halogens is 1. The lowest BCUT2D eigenvalue weighted by Gasteiger charge is -2.03. The quantitative estimate of drug-likeness (QED) is 0.380. The predicted octanol–water partition coefficient (Wildman–Crippen LogP) is 4.81. The van der Waals surface area contributed by atoms with E-state index in [1.54, 1.807) is 28.9 Å². The van der Waals surface area contributed by atoms with E-state index >= 15 is 0 Å². The molecule has 5 heteroatoms. The molecule has 2 aromatic carbocycles. The number of para-hydroxylation sites is 2. The van der Waals surface area contributed by atoms with Gasteiger partial charge in [0.15, 0.2) is 5.16 Å². The summed E-state index contributed by atoms with van der Waals surface area (Å²) in [6.45, 7) is 3.70. The Hall–Kier alpha value is -2.66. The fraction of sp³-hybridized carbons (Fsp3) is 0.0526. The van der Waals surface area contributed by atoms with Crippen LogP contribution >= 0.6 is 11.8 Å². The molecular weight excluding hydrogens is 323 g/mol.